The molecule has 0 aliphatic carbocycles. The van der Waals surface area contributed by atoms with Crippen LogP contribution in [0.25, 0.3) is 22.6 Å². The molecule has 3 aromatic rings. The van der Waals surface area contributed by atoms with Crippen molar-refractivity contribution >= 4 is 34.6 Å². The Morgan fingerprint density at radius 3 is 2.69 bits per heavy atom. The van der Waals surface area contributed by atoms with Gasteiger partial charge in [-0.25, -0.2) is 14.4 Å². The van der Waals surface area contributed by atoms with Crippen LogP contribution in [0, 0.1) is 0 Å². The molecule has 2 heterocycles. The van der Waals surface area contributed by atoms with E-state index in [0.717, 1.165) is 10.6 Å². The fraction of sp³-hybridized carbons (Fsp3) is 0.176. The number of hydrogen-bond donors (Lipinski definition) is 1. The lowest BCUT2D eigenvalue weighted by molar-refractivity contribution is -0.137. The van der Waals surface area contributed by atoms with Crippen LogP contribution in [0.1, 0.15) is 17.4 Å². The normalized spacial score (nSPS) is 11.3. The number of carboxylic acid groups (broad SMARTS) is 1. The molecule has 1 aromatic carbocycles. The summed E-state index contributed by atoms with van der Waals surface area (Å²) in [7, 11) is 1.49. The second kappa shape index (κ2) is 6.71. The Morgan fingerprint density at radius 2 is 2.04 bits per heavy atom. The summed E-state index contributed by atoms with van der Waals surface area (Å²) in [6.07, 6.45) is 2.37. The van der Waals surface area contributed by atoms with Gasteiger partial charge in [-0.15, -0.1) is 0 Å². The van der Waals surface area contributed by atoms with E-state index in [-0.39, 0.29) is 12.3 Å². The van der Waals surface area contributed by atoms with E-state index in [1.54, 1.807) is 25.1 Å². The molecular weight excluding hydrogens is 342 g/mol. The molecule has 0 spiro atoms. The summed E-state index contributed by atoms with van der Waals surface area (Å²) >= 11 is 0. The average Bonchev–Trinajstić information content (AvgIpc) is 3.08. The zero-order valence-electron chi connectivity index (χ0n) is 14.0. The summed E-state index contributed by atoms with van der Waals surface area (Å²) in [4.78, 5) is 35.5. The lowest BCUT2D eigenvalue weighted by atomic mass is 10.2. The Bertz CT molecular complexity index is 1110. The molecule has 26 heavy (non-hydrogen) atoms. The number of carbonyl (C=O) groups excluding carboxylic acids is 1. The van der Waals surface area contributed by atoms with Crippen molar-refractivity contribution in [1.82, 2.24) is 14.2 Å². The van der Waals surface area contributed by atoms with E-state index in [9.17, 15) is 14.4 Å². The smallest absolute Gasteiger partial charge is 0.356 e. The maximum absolute atomic E-state index is 12.7. The third-order valence-corrected chi connectivity index (χ3v) is 3.70. The van der Waals surface area contributed by atoms with Crippen molar-refractivity contribution in [3.63, 3.8) is 0 Å². The highest BCUT2D eigenvalue weighted by molar-refractivity contribution is 5.98. The number of hydrogen-bond acceptors (Lipinski definition) is 6. The predicted octanol–water partition coefficient (Wildman–Crippen LogP) is 1.39. The monoisotopic (exact) mass is 357 g/mol. The summed E-state index contributed by atoms with van der Waals surface area (Å²) in [6.45, 7) is 1.87. The molecule has 0 saturated carbocycles. The van der Waals surface area contributed by atoms with Gasteiger partial charge in [-0.3, -0.25) is 4.57 Å². The van der Waals surface area contributed by atoms with Crippen LogP contribution in [0.15, 0.2) is 35.1 Å². The molecule has 0 amide bonds. The van der Waals surface area contributed by atoms with Crippen LogP contribution in [0.2, 0.25) is 0 Å². The van der Waals surface area contributed by atoms with Crippen LogP contribution in [0.4, 0.5) is 0 Å². The standard InChI is InChI=1S/C17H15N3O6/c1-3-26-15(21)6-7-19-13-5-4-10(25-2)8-11(13)14-9-12(16(22)23)18-20(14)17(19)24/h4-9H,3H2,1-2H3,(H,22,23)/b7-6+. The van der Waals surface area contributed by atoms with E-state index < -0.39 is 17.6 Å². The van der Waals surface area contributed by atoms with Gasteiger partial charge in [0.05, 0.1) is 24.8 Å². The molecule has 9 nitrogen and oxygen atoms in total. The van der Waals surface area contributed by atoms with Gasteiger partial charge >= 0.3 is 17.6 Å². The number of benzene rings is 1. The van der Waals surface area contributed by atoms with E-state index >= 15 is 0 Å². The van der Waals surface area contributed by atoms with Crippen LogP contribution in [0.5, 0.6) is 5.75 Å². The number of fused-ring (bicyclic) bond motifs is 3. The summed E-state index contributed by atoms with van der Waals surface area (Å²) < 4.78 is 12.2. The average molecular weight is 357 g/mol. The number of aromatic carboxylic acids is 1. The first kappa shape index (κ1) is 17.2. The molecule has 0 fully saturated rings. The van der Waals surface area contributed by atoms with Gasteiger partial charge in [-0.2, -0.15) is 9.61 Å². The zero-order chi connectivity index (χ0) is 18.8. The van der Waals surface area contributed by atoms with Crippen molar-refractivity contribution in [3.8, 4) is 5.75 Å². The first-order chi connectivity index (χ1) is 12.5. The van der Waals surface area contributed by atoms with Gasteiger partial charge in [0.2, 0.25) is 0 Å². The quantitative estimate of drug-likeness (QED) is 0.542. The van der Waals surface area contributed by atoms with E-state index in [1.165, 1.54) is 23.9 Å². The van der Waals surface area contributed by atoms with Gasteiger partial charge in [0, 0.05) is 17.7 Å². The number of nitrogens with zero attached hydrogens (tertiary/aromatic N) is 3. The van der Waals surface area contributed by atoms with Crippen molar-refractivity contribution < 1.29 is 24.2 Å². The Balaban J connectivity index is 2.35. The van der Waals surface area contributed by atoms with Crippen molar-refractivity contribution in [3.05, 3.63) is 46.5 Å². The zero-order valence-corrected chi connectivity index (χ0v) is 14.0. The maximum Gasteiger partial charge on any atom is 0.356 e. The Morgan fingerprint density at radius 1 is 1.27 bits per heavy atom. The molecule has 0 atom stereocenters. The topological polar surface area (TPSA) is 112 Å². The third kappa shape index (κ3) is 2.90. The predicted molar refractivity (Wildman–Crippen MR) is 92.4 cm³/mol. The molecule has 3 rings (SSSR count). The van der Waals surface area contributed by atoms with Gasteiger partial charge in [-0.1, -0.05) is 0 Å². The number of ether oxygens (including phenoxy) is 2. The SMILES string of the molecule is CCOC(=O)/C=C/n1c(=O)n2nc(C(=O)O)cc2c2cc(OC)ccc21. The van der Waals surface area contributed by atoms with Crippen LogP contribution >= 0.6 is 0 Å². The second-order valence-corrected chi connectivity index (χ2v) is 5.24. The Labute approximate surface area is 146 Å². The minimum absolute atomic E-state index is 0.205. The van der Waals surface area contributed by atoms with Gasteiger partial charge < -0.3 is 14.6 Å². The molecule has 0 aliphatic heterocycles. The number of aromatic nitrogens is 3. The van der Waals surface area contributed by atoms with Crippen molar-refractivity contribution in [2.75, 3.05) is 13.7 Å². The fourth-order valence-corrected chi connectivity index (χ4v) is 2.56. The lowest BCUT2D eigenvalue weighted by Crippen LogP contribution is -2.25. The highest BCUT2D eigenvalue weighted by Crippen LogP contribution is 2.24. The molecule has 134 valence electrons. The van der Waals surface area contributed by atoms with Gasteiger partial charge in [0.15, 0.2) is 5.69 Å². The molecule has 0 aliphatic rings. The Hall–Kier alpha value is -3.62. The molecule has 9 heteroatoms. The summed E-state index contributed by atoms with van der Waals surface area (Å²) in [5, 5.41) is 13.5. The van der Waals surface area contributed by atoms with E-state index in [1.807, 2.05) is 0 Å². The lowest BCUT2D eigenvalue weighted by Gasteiger charge is -2.09. The molecule has 0 radical (unpaired) electrons. The van der Waals surface area contributed by atoms with Crippen LogP contribution in [-0.2, 0) is 9.53 Å². The molecule has 2 aromatic heterocycles. The summed E-state index contributed by atoms with van der Waals surface area (Å²) in [5.41, 5.74) is -0.105. The fourth-order valence-electron chi connectivity index (χ4n) is 2.56. The van der Waals surface area contributed by atoms with Crippen LogP contribution in [-0.4, -0.2) is 44.9 Å². The van der Waals surface area contributed by atoms with E-state index in [2.05, 4.69) is 5.10 Å². The van der Waals surface area contributed by atoms with Crippen molar-refractivity contribution in [2.45, 2.75) is 6.92 Å². The highest BCUT2D eigenvalue weighted by Gasteiger charge is 2.16. The summed E-state index contributed by atoms with van der Waals surface area (Å²) in [6, 6.07) is 6.26. The number of carbonyl (C=O) groups is 2. The maximum atomic E-state index is 12.7. The second-order valence-electron chi connectivity index (χ2n) is 5.24. The molecule has 0 unspecified atom stereocenters. The van der Waals surface area contributed by atoms with E-state index in [4.69, 9.17) is 14.6 Å². The summed E-state index contributed by atoms with van der Waals surface area (Å²) in [5.74, 6) is -1.33. The van der Waals surface area contributed by atoms with Crippen molar-refractivity contribution in [2.24, 2.45) is 0 Å². The highest BCUT2D eigenvalue weighted by atomic mass is 16.5. The minimum atomic E-state index is -1.25. The van der Waals surface area contributed by atoms with Crippen LogP contribution < -0.4 is 10.4 Å². The third-order valence-electron chi connectivity index (χ3n) is 3.70. The number of methoxy groups -OCH3 is 1. The molecule has 0 saturated heterocycles. The molecular formula is C17H15N3O6. The van der Waals surface area contributed by atoms with Gasteiger partial charge in [0.1, 0.15) is 5.75 Å². The first-order valence-corrected chi connectivity index (χ1v) is 7.66. The number of carboxylic acids is 1. The largest absolute Gasteiger partial charge is 0.497 e. The Kier molecular flexibility index (Phi) is 4.44. The number of esters is 1. The van der Waals surface area contributed by atoms with Gasteiger partial charge in [-0.05, 0) is 31.2 Å². The molecule has 1 N–H and O–H groups in total. The van der Waals surface area contributed by atoms with Crippen molar-refractivity contribution in [1.29, 1.82) is 0 Å². The molecule has 0 bridgehead atoms. The number of rotatable bonds is 5. The van der Waals surface area contributed by atoms with Crippen LogP contribution in [0.3, 0.4) is 0 Å². The first-order valence-electron chi connectivity index (χ1n) is 7.66. The minimum Gasteiger partial charge on any atom is -0.497 e. The van der Waals surface area contributed by atoms with E-state index in [0.29, 0.717) is 22.2 Å². The van der Waals surface area contributed by atoms with Gasteiger partial charge in [0.25, 0.3) is 0 Å².